The zero-order chi connectivity index (χ0) is 35.3. The lowest BCUT2D eigenvalue weighted by molar-refractivity contribution is 0.0522. The molecule has 0 bridgehead atoms. The van der Waals surface area contributed by atoms with Crippen molar-refractivity contribution in [2.24, 2.45) is 0 Å². The van der Waals surface area contributed by atoms with Gasteiger partial charge in [0.05, 0.1) is 33.8 Å². The minimum absolute atomic E-state index is 0.00360. The van der Waals surface area contributed by atoms with Crippen molar-refractivity contribution in [3.8, 4) is 34.1 Å². The number of benzene rings is 3. The Hall–Kier alpha value is -5.84. The van der Waals surface area contributed by atoms with Gasteiger partial charge in [-0.05, 0) is 79.2 Å². The van der Waals surface area contributed by atoms with Crippen LogP contribution in [-0.4, -0.2) is 55.7 Å². The maximum Gasteiger partial charge on any atom is 0.407 e. The van der Waals surface area contributed by atoms with Crippen molar-refractivity contribution in [1.29, 1.82) is 0 Å². The molecule has 3 aromatic carbocycles. The maximum atomic E-state index is 14.7. The second-order valence-corrected chi connectivity index (χ2v) is 12.1. The molecule has 1 N–H and O–H groups in total. The zero-order valence-corrected chi connectivity index (χ0v) is 28.6. The zero-order valence-electron chi connectivity index (χ0n) is 28.6. The van der Waals surface area contributed by atoms with Gasteiger partial charge in [-0.3, -0.25) is 14.3 Å². The van der Waals surface area contributed by atoms with E-state index >= 15 is 0 Å². The number of pyridine rings is 2. The fourth-order valence-electron chi connectivity index (χ4n) is 5.66. The average Bonchev–Trinajstić information content (AvgIpc) is 3.09. The van der Waals surface area contributed by atoms with E-state index in [-0.39, 0.29) is 12.2 Å². The molecule has 0 saturated carbocycles. The van der Waals surface area contributed by atoms with Gasteiger partial charge in [0.2, 0.25) is 5.75 Å². The van der Waals surface area contributed by atoms with E-state index in [1.165, 1.54) is 33.0 Å². The van der Waals surface area contributed by atoms with E-state index in [0.29, 0.717) is 51.3 Å². The molecule has 2 aromatic heterocycles. The third-order valence-electron chi connectivity index (χ3n) is 7.76. The molecule has 0 spiro atoms. The molecule has 0 fully saturated rings. The van der Waals surface area contributed by atoms with Crippen LogP contribution in [0.15, 0.2) is 83.8 Å². The van der Waals surface area contributed by atoms with Crippen LogP contribution < -0.4 is 25.1 Å². The van der Waals surface area contributed by atoms with E-state index in [1.807, 2.05) is 30.3 Å². The topological polar surface area (TPSA) is 127 Å². The molecule has 1 amide bonds. The maximum absolute atomic E-state index is 14.7. The van der Waals surface area contributed by atoms with E-state index in [2.05, 4.69) is 10.3 Å². The number of hydrogen-bond donors (Lipinski definition) is 1. The van der Waals surface area contributed by atoms with Crippen LogP contribution in [0.3, 0.4) is 0 Å². The fourth-order valence-corrected chi connectivity index (χ4v) is 5.66. The molecular weight excluding hydrogens is 626 g/mol. The summed E-state index contributed by atoms with van der Waals surface area (Å²) in [6, 6.07) is 21.6. The number of nitrogens with one attached hydrogen (secondary N) is 1. The minimum Gasteiger partial charge on any atom is -0.493 e. The van der Waals surface area contributed by atoms with Gasteiger partial charge in [0.15, 0.2) is 11.5 Å². The lowest BCUT2D eigenvalue weighted by Crippen LogP contribution is -2.32. The van der Waals surface area contributed by atoms with E-state index < -0.39 is 23.2 Å². The summed E-state index contributed by atoms with van der Waals surface area (Å²) in [6.07, 6.45) is 1.52. The van der Waals surface area contributed by atoms with E-state index in [1.54, 1.807) is 69.4 Å². The highest BCUT2D eigenvalue weighted by Crippen LogP contribution is 2.44. The van der Waals surface area contributed by atoms with Crippen molar-refractivity contribution >= 4 is 22.8 Å². The first-order chi connectivity index (χ1) is 23.5. The molecule has 2 heterocycles. The van der Waals surface area contributed by atoms with Crippen molar-refractivity contribution in [2.75, 3.05) is 28.4 Å². The summed E-state index contributed by atoms with van der Waals surface area (Å²) in [5.74, 6) is 0.376. The Labute approximate surface area is 284 Å². The average molecular weight is 666 g/mol. The summed E-state index contributed by atoms with van der Waals surface area (Å²) in [4.78, 5) is 45.3. The SMILES string of the molecule is COC(=O)c1c(-c2cc(OC)c(OC)c(OC)c2)c2cccc(Cc3ccccn3)c2c(=O)n1-c1ccc(CNC(=O)OC(C)(C)C)cc1. The Bertz CT molecular complexity index is 2020. The molecule has 5 rings (SSSR count). The first-order valence-electron chi connectivity index (χ1n) is 15.5. The predicted molar refractivity (Wildman–Crippen MR) is 186 cm³/mol. The standard InChI is InChI=1S/C38H39N3O8/c1-38(2,3)49-37(44)40-22-23-14-16-27(17-15-23)41-33(36(43)48-7)31(25-20-29(45-4)34(47-6)30(21-25)46-5)28-13-10-11-24(32(28)35(41)42)19-26-12-8-9-18-39-26/h8-18,20-21H,19,22H2,1-7H3,(H,40,44). The van der Waals surface area contributed by atoms with Crippen molar-refractivity contribution in [1.82, 2.24) is 14.9 Å². The van der Waals surface area contributed by atoms with Crippen LogP contribution >= 0.6 is 0 Å². The number of amides is 1. The molecular formula is C38H39N3O8. The minimum atomic E-state index is -0.728. The van der Waals surface area contributed by atoms with E-state index in [4.69, 9.17) is 23.7 Å². The lowest BCUT2D eigenvalue weighted by atomic mass is 9.92. The van der Waals surface area contributed by atoms with Crippen molar-refractivity contribution < 1.29 is 33.3 Å². The molecule has 254 valence electrons. The third kappa shape index (κ3) is 7.35. The first-order valence-corrected chi connectivity index (χ1v) is 15.5. The van der Waals surface area contributed by atoms with Crippen LogP contribution in [0.2, 0.25) is 0 Å². The second-order valence-electron chi connectivity index (χ2n) is 12.1. The Kier molecular flexibility index (Phi) is 10.2. The van der Waals surface area contributed by atoms with Gasteiger partial charge in [-0.1, -0.05) is 36.4 Å². The van der Waals surface area contributed by atoms with E-state index in [9.17, 15) is 14.4 Å². The lowest BCUT2D eigenvalue weighted by Gasteiger charge is -2.22. The highest BCUT2D eigenvalue weighted by Gasteiger charge is 2.28. The molecule has 0 atom stereocenters. The molecule has 5 aromatic rings. The normalized spacial score (nSPS) is 11.2. The summed E-state index contributed by atoms with van der Waals surface area (Å²) in [5.41, 5.74) is 2.56. The molecule has 11 heteroatoms. The highest BCUT2D eigenvalue weighted by atomic mass is 16.6. The quantitative estimate of drug-likeness (QED) is 0.167. The van der Waals surface area contributed by atoms with Gasteiger partial charge in [-0.15, -0.1) is 0 Å². The highest BCUT2D eigenvalue weighted by molar-refractivity contribution is 6.08. The van der Waals surface area contributed by atoms with Crippen LogP contribution in [-0.2, 0) is 22.4 Å². The van der Waals surface area contributed by atoms with Gasteiger partial charge in [0, 0.05) is 36.1 Å². The largest absolute Gasteiger partial charge is 0.493 e. The number of carbonyl (C=O) groups excluding carboxylic acids is 2. The smallest absolute Gasteiger partial charge is 0.407 e. The third-order valence-corrected chi connectivity index (χ3v) is 7.76. The van der Waals surface area contributed by atoms with Gasteiger partial charge >= 0.3 is 12.1 Å². The second kappa shape index (κ2) is 14.5. The summed E-state index contributed by atoms with van der Waals surface area (Å²) in [5, 5.41) is 3.67. The summed E-state index contributed by atoms with van der Waals surface area (Å²) < 4.78 is 28.9. The number of carbonyl (C=O) groups is 2. The first kappa shape index (κ1) is 34.5. The molecule has 11 nitrogen and oxygen atoms in total. The monoisotopic (exact) mass is 665 g/mol. The van der Waals surface area contributed by atoms with Crippen LogP contribution in [0.5, 0.6) is 17.2 Å². The van der Waals surface area contributed by atoms with Crippen LogP contribution in [0.1, 0.15) is 48.1 Å². The summed E-state index contributed by atoms with van der Waals surface area (Å²) >= 11 is 0. The van der Waals surface area contributed by atoms with Crippen molar-refractivity contribution in [3.63, 3.8) is 0 Å². The molecule has 0 aliphatic heterocycles. The number of ether oxygens (including phenoxy) is 5. The number of fused-ring (bicyclic) bond motifs is 1. The van der Waals surface area contributed by atoms with E-state index in [0.717, 1.165) is 16.8 Å². The predicted octanol–water partition coefficient (Wildman–Crippen LogP) is 6.48. The van der Waals surface area contributed by atoms with Crippen LogP contribution in [0, 0.1) is 0 Å². The molecule has 49 heavy (non-hydrogen) atoms. The van der Waals surface area contributed by atoms with Crippen molar-refractivity contribution in [3.05, 3.63) is 112 Å². The van der Waals surface area contributed by atoms with Gasteiger partial charge < -0.3 is 29.0 Å². The van der Waals surface area contributed by atoms with Gasteiger partial charge in [-0.25, -0.2) is 9.59 Å². The number of hydrogen-bond acceptors (Lipinski definition) is 9. The molecule has 0 saturated heterocycles. The van der Waals surface area contributed by atoms with Gasteiger partial charge in [0.1, 0.15) is 11.3 Å². The fraction of sp³-hybridized carbons (Fsp3) is 0.263. The number of methoxy groups -OCH3 is 4. The Morgan fingerprint density at radius 1 is 0.857 bits per heavy atom. The summed E-state index contributed by atoms with van der Waals surface area (Å²) in [6.45, 7) is 5.55. The van der Waals surface area contributed by atoms with Crippen LogP contribution in [0.25, 0.3) is 27.6 Å². The molecule has 0 aliphatic carbocycles. The Morgan fingerprint density at radius 2 is 1.55 bits per heavy atom. The van der Waals surface area contributed by atoms with Gasteiger partial charge in [-0.2, -0.15) is 0 Å². The molecule has 0 radical (unpaired) electrons. The summed E-state index contributed by atoms with van der Waals surface area (Å²) in [7, 11) is 5.78. The Balaban J connectivity index is 1.79. The number of aromatic nitrogens is 2. The Morgan fingerprint density at radius 3 is 2.12 bits per heavy atom. The van der Waals surface area contributed by atoms with Crippen LogP contribution in [0.4, 0.5) is 4.79 Å². The number of esters is 1. The number of rotatable bonds is 10. The van der Waals surface area contributed by atoms with Gasteiger partial charge in [0.25, 0.3) is 5.56 Å². The number of nitrogens with zero attached hydrogens (tertiary/aromatic N) is 2. The molecule has 0 unspecified atom stereocenters. The molecule has 0 aliphatic rings. The number of alkyl carbamates (subject to hydrolysis) is 1. The van der Waals surface area contributed by atoms with Crippen molar-refractivity contribution in [2.45, 2.75) is 39.3 Å².